The van der Waals surface area contributed by atoms with E-state index in [2.05, 4.69) is 17.7 Å². The molecule has 0 aromatic carbocycles. The molecular formula is C6H15O3P. The molecule has 0 aromatic heterocycles. The average molecular weight is 166 g/mol. The molecule has 0 heterocycles. The fourth-order valence-electron chi connectivity index (χ4n) is 0.245. The van der Waals surface area contributed by atoms with Gasteiger partial charge in [0.05, 0.1) is 5.60 Å². The van der Waals surface area contributed by atoms with Crippen LogP contribution < -0.4 is 0 Å². The quantitative estimate of drug-likeness (QED) is 0.461. The van der Waals surface area contributed by atoms with E-state index in [1.54, 1.807) is 20.8 Å². The zero-order valence-corrected chi connectivity index (χ0v) is 7.56. The summed E-state index contributed by atoms with van der Waals surface area (Å²) in [7, 11) is -2.19. The first-order valence-electron chi connectivity index (χ1n) is 2.79. The average Bonchev–Trinajstić information content (AvgIpc) is 1.64. The summed E-state index contributed by atoms with van der Waals surface area (Å²) >= 11 is 0. The van der Waals surface area contributed by atoms with Crippen LogP contribution in [0.2, 0.25) is 0 Å². The van der Waals surface area contributed by atoms with Crippen molar-refractivity contribution in [3.05, 3.63) is 13.2 Å². The summed E-state index contributed by atoms with van der Waals surface area (Å²) in [5.41, 5.74) is -0.449. The Hall–Kier alpha value is 0.0500. The number of hydrogen-bond donors (Lipinski definition) is 2. The van der Waals surface area contributed by atoms with Gasteiger partial charge in [-0.15, -0.1) is 13.2 Å². The molecule has 0 saturated heterocycles. The van der Waals surface area contributed by atoms with Crippen LogP contribution in [0.4, 0.5) is 0 Å². The Bertz CT molecular complexity index is 77.6. The van der Waals surface area contributed by atoms with E-state index < -0.39 is 14.2 Å². The summed E-state index contributed by atoms with van der Waals surface area (Å²) in [5, 5.41) is 0. The summed E-state index contributed by atoms with van der Waals surface area (Å²) in [6, 6.07) is 0. The lowest BCUT2D eigenvalue weighted by molar-refractivity contribution is 0.109. The van der Waals surface area contributed by atoms with Crippen molar-refractivity contribution < 1.29 is 14.3 Å². The van der Waals surface area contributed by atoms with Gasteiger partial charge in [0, 0.05) is 0 Å². The Morgan fingerprint density at radius 3 is 1.50 bits per heavy atom. The van der Waals surface area contributed by atoms with Crippen LogP contribution in [0, 0.1) is 0 Å². The third-order valence-corrected chi connectivity index (χ3v) is 1.07. The molecule has 10 heavy (non-hydrogen) atoms. The maximum absolute atomic E-state index is 8.29. The Balaban J connectivity index is 0. The molecule has 0 amide bonds. The van der Waals surface area contributed by atoms with Crippen LogP contribution in [-0.4, -0.2) is 15.4 Å². The van der Waals surface area contributed by atoms with E-state index in [1.807, 2.05) is 0 Å². The van der Waals surface area contributed by atoms with Gasteiger partial charge in [-0.3, -0.25) is 0 Å². The molecule has 0 atom stereocenters. The van der Waals surface area contributed by atoms with Crippen molar-refractivity contribution in [1.82, 2.24) is 0 Å². The maximum atomic E-state index is 8.29. The summed E-state index contributed by atoms with van der Waals surface area (Å²) in [5.74, 6) is 0. The molecule has 62 valence electrons. The molecule has 0 unspecified atom stereocenters. The second-order valence-electron chi connectivity index (χ2n) is 2.46. The highest BCUT2D eigenvalue weighted by atomic mass is 31.2. The molecule has 0 aromatic rings. The molecule has 0 bridgehead atoms. The lowest BCUT2D eigenvalue weighted by atomic mass is 10.2. The molecule has 0 spiro atoms. The first-order chi connectivity index (χ1) is 4.42. The van der Waals surface area contributed by atoms with Crippen LogP contribution in [-0.2, 0) is 4.52 Å². The Morgan fingerprint density at radius 2 is 1.50 bits per heavy atom. The van der Waals surface area contributed by atoms with Crippen LogP contribution >= 0.6 is 8.60 Å². The summed E-state index contributed by atoms with van der Waals surface area (Å²) in [4.78, 5) is 16.6. The molecular weight excluding hydrogens is 151 g/mol. The minimum Gasteiger partial charge on any atom is -0.328 e. The van der Waals surface area contributed by atoms with Gasteiger partial charge < -0.3 is 14.3 Å². The molecule has 0 rings (SSSR count). The normalized spacial score (nSPS) is 10.6. The summed E-state index contributed by atoms with van der Waals surface area (Å²) < 4.78 is 4.61. The molecule has 0 aliphatic rings. The van der Waals surface area contributed by atoms with Gasteiger partial charge in [0.2, 0.25) is 0 Å². The fraction of sp³-hybridized carbons (Fsp3) is 0.667. The first-order valence-corrected chi connectivity index (χ1v) is 3.95. The highest BCUT2D eigenvalue weighted by Gasteiger charge is 2.14. The molecule has 4 heteroatoms. The van der Waals surface area contributed by atoms with Crippen molar-refractivity contribution in [2.45, 2.75) is 26.4 Å². The molecule has 0 radical (unpaired) electrons. The van der Waals surface area contributed by atoms with Crippen LogP contribution in [0.3, 0.4) is 0 Å². The molecule has 0 fully saturated rings. The van der Waals surface area contributed by atoms with Gasteiger partial charge in [-0.2, -0.15) is 0 Å². The van der Waals surface area contributed by atoms with Crippen molar-refractivity contribution in [1.29, 1.82) is 0 Å². The Morgan fingerprint density at radius 1 is 1.20 bits per heavy atom. The van der Waals surface area contributed by atoms with Gasteiger partial charge in [-0.05, 0) is 20.8 Å². The van der Waals surface area contributed by atoms with Gasteiger partial charge in [0.1, 0.15) is 0 Å². The third kappa shape index (κ3) is 15.7. The predicted octanol–water partition coefficient (Wildman–Crippen LogP) is 1.82. The Kier molecular flexibility index (Phi) is 7.38. The zero-order valence-electron chi connectivity index (χ0n) is 6.66. The lowest BCUT2D eigenvalue weighted by Crippen LogP contribution is -2.15. The van der Waals surface area contributed by atoms with Gasteiger partial charge in [-0.1, -0.05) is 0 Å². The summed E-state index contributed by atoms with van der Waals surface area (Å²) in [6.07, 6.45) is 0. The third-order valence-electron chi connectivity index (χ3n) is 0.356. The predicted molar refractivity (Wildman–Crippen MR) is 43.4 cm³/mol. The second kappa shape index (κ2) is 5.81. The minimum absolute atomic E-state index is 0.449. The van der Waals surface area contributed by atoms with Crippen LogP contribution in [0.5, 0.6) is 0 Å². The minimum atomic E-state index is -2.19. The van der Waals surface area contributed by atoms with E-state index >= 15 is 0 Å². The number of rotatable bonds is 1. The highest BCUT2D eigenvalue weighted by Crippen LogP contribution is 2.31. The van der Waals surface area contributed by atoms with E-state index in [1.165, 1.54) is 0 Å². The van der Waals surface area contributed by atoms with Crippen molar-refractivity contribution >= 4 is 8.60 Å². The van der Waals surface area contributed by atoms with Crippen molar-refractivity contribution in [2.24, 2.45) is 0 Å². The van der Waals surface area contributed by atoms with E-state index in [-0.39, 0.29) is 0 Å². The Labute approximate surface area is 63.3 Å². The molecule has 3 nitrogen and oxygen atoms in total. The van der Waals surface area contributed by atoms with Crippen LogP contribution in [0.25, 0.3) is 0 Å². The fourth-order valence-corrected chi connectivity index (χ4v) is 0.735. The van der Waals surface area contributed by atoms with Crippen molar-refractivity contribution in [2.75, 3.05) is 0 Å². The molecule has 2 N–H and O–H groups in total. The molecule has 0 aliphatic carbocycles. The highest BCUT2D eigenvalue weighted by molar-refractivity contribution is 7.39. The first kappa shape index (κ1) is 12.7. The second-order valence-corrected chi connectivity index (χ2v) is 3.14. The summed E-state index contributed by atoms with van der Waals surface area (Å²) in [6.45, 7) is 11.3. The van der Waals surface area contributed by atoms with E-state index in [0.29, 0.717) is 0 Å². The van der Waals surface area contributed by atoms with E-state index in [4.69, 9.17) is 9.79 Å². The molecule has 0 saturated carbocycles. The smallest absolute Gasteiger partial charge is 0.327 e. The lowest BCUT2D eigenvalue weighted by Gasteiger charge is -2.18. The van der Waals surface area contributed by atoms with Gasteiger partial charge in [0.15, 0.2) is 0 Å². The standard InChI is InChI=1S/C4H11O3P.C2H4/c1-4(2,3)7-8(5)6;1-2/h5-6H,1-3H3;1-2H2. The van der Waals surface area contributed by atoms with Crippen LogP contribution in [0.1, 0.15) is 20.8 Å². The topological polar surface area (TPSA) is 49.7 Å². The monoisotopic (exact) mass is 166 g/mol. The van der Waals surface area contributed by atoms with E-state index in [9.17, 15) is 0 Å². The zero-order chi connectivity index (χ0) is 8.78. The largest absolute Gasteiger partial charge is 0.328 e. The van der Waals surface area contributed by atoms with E-state index in [0.717, 1.165) is 0 Å². The van der Waals surface area contributed by atoms with Gasteiger partial charge in [-0.25, -0.2) is 0 Å². The van der Waals surface area contributed by atoms with Crippen LogP contribution in [0.15, 0.2) is 13.2 Å². The number of hydrogen-bond acceptors (Lipinski definition) is 3. The van der Waals surface area contributed by atoms with Gasteiger partial charge >= 0.3 is 8.60 Å². The van der Waals surface area contributed by atoms with Gasteiger partial charge in [0.25, 0.3) is 0 Å². The SMILES string of the molecule is C=C.CC(C)(C)OP(O)O. The van der Waals surface area contributed by atoms with Crippen molar-refractivity contribution in [3.63, 3.8) is 0 Å². The van der Waals surface area contributed by atoms with Crippen molar-refractivity contribution in [3.8, 4) is 0 Å². The molecule has 0 aliphatic heterocycles. The maximum Gasteiger partial charge on any atom is 0.327 e.